The summed E-state index contributed by atoms with van der Waals surface area (Å²) in [6, 6.07) is 4.69. The van der Waals surface area contributed by atoms with Crippen LogP contribution in [-0.2, 0) is 4.79 Å². The Balaban J connectivity index is 1.64. The standard InChI is InChI=1S/C17H20N6O3/c1-11(24)21-7-12-2-3-14(9-21)22(8-12)17(26)15-6-13(4-5-16(15)25)23-10-18-19-20-23/h4-6,10,12,14,25H,2-3,7-9H2,1H3/t12-,14+/m1/s1. The fourth-order valence-corrected chi connectivity index (χ4v) is 3.86. The van der Waals surface area contributed by atoms with Crippen molar-refractivity contribution in [1.82, 2.24) is 30.0 Å². The molecule has 2 bridgehead atoms. The molecular weight excluding hydrogens is 336 g/mol. The highest BCUT2D eigenvalue weighted by Gasteiger charge is 2.38. The number of phenolic OH excluding ortho intramolecular Hbond substituents is 1. The first-order valence-electron chi connectivity index (χ1n) is 8.66. The van der Waals surface area contributed by atoms with Gasteiger partial charge in [0.2, 0.25) is 5.91 Å². The van der Waals surface area contributed by atoms with Crippen LogP contribution in [-0.4, -0.2) is 72.6 Å². The molecule has 5 rings (SSSR count). The van der Waals surface area contributed by atoms with Crippen LogP contribution >= 0.6 is 0 Å². The van der Waals surface area contributed by atoms with E-state index in [-0.39, 0.29) is 35.1 Å². The Morgan fingerprint density at radius 3 is 2.77 bits per heavy atom. The molecule has 0 spiro atoms. The van der Waals surface area contributed by atoms with Crippen molar-refractivity contribution in [1.29, 1.82) is 0 Å². The van der Waals surface area contributed by atoms with Gasteiger partial charge in [-0.2, -0.15) is 0 Å². The number of hydrogen-bond donors (Lipinski definition) is 1. The van der Waals surface area contributed by atoms with E-state index in [1.165, 1.54) is 17.1 Å². The maximum absolute atomic E-state index is 13.2. The van der Waals surface area contributed by atoms with E-state index in [9.17, 15) is 14.7 Å². The monoisotopic (exact) mass is 356 g/mol. The van der Waals surface area contributed by atoms with Gasteiger partial charge in [-0.1, -0.05) is 0 Å². The Morgan fingerprint density at radius 1 is 1.19 bits per heavy atom. The molecule has 0 saturated carbocycles. The van der Waals surface area contributed by atoms with Crippen LogP contribution in [0, 0.1) is 5.92 Å². The summed E-state index contributed by atoms with van der Waals surface area (Å²) in [5, 5.41) is 21.2. The second-order valence-electron chi connectivity index (χ2n) is 6.93. The molecule has 136 valence electrons. The third-order valence-electron chi connectivity index (χ3n) is 5.24. The Hall–Kier alpha value is -2.97. The van der Waals surface area contributed by atoms with Gasteiger partial charge < -0.3 is 14.9 Å². The fourth-order valence-electron chi connectivity index (χ4n) is 3.86. The minimum Gasteiger partial charge on any atom is -0.507 e. The first-order valence-corrected chi connectivity index (χ1v) is 8.66. The second-order valence-corrected chi connectivity index (χ2v) is 6.93. The SMILES string of the molecule is CC(=O)N1C[C@H]2CC[C@@H](C1)N(C(=O)c1cc(-n3cnnn3)ccc1O)C2. The van der Waals surface area contributed by atoms with Gasteiger partial charge >= 0.3 is 0 Å². The van der Waals surface area contributed by atoms with E-state index in [0.29, 0.717) is 25.3 Å². The van der Waals surface area contributed by atoms with Crippen LogP contribution in [0.5, 0.6) is 5.75 Å². The van der Waals surface area contributed by atoms with Gasteiger partial charge in [-0.15, -0.1) is 5.10 Å². The highest BCUT2D eigenvalue weighted by atomic mass is 16.3. The first kappa shape index (κ1) is 16.5. The average molecular weight is 356 g/mol. The molecule has 0 aliphatic carbocycles. The largest absolute Gasteiger partial charge is 0.507 e. The molecule has 2 amide bonds. The van der Waals surface area contributed by atoms with Crippen LogP contribution in [0.2, 0.25) is 0 Å². The topological polar surface area (TPSA) is 104 Å². The van der Waals surface area contributed by atoms with Crippen molar-refractivity contribution in [2.75, 3.05) is 19.6 Å². The van der Waals surface area contributed by atoms with Gasteiger partial charge in [0.25, 0.3) is 5.91 Å². The maximum atomic E-state index is 13.2. The molecule has 3 saturated heterocycles. The lowest BCUT2D eigenvalue weighted by atomic mass is 9.94. The average Bonchev–Trinajstić information content (AvgIpc) is 3.01. The van der Waals surface area contributed by atoms with Gasteiger partial charge in [-0.05, 0) is 47.4 Å². The molecule has 9 nitrogen and oxygen atoms in total. The van der Waals surface area contributed by atoms with E-state index in [4.69, 9.17) is 0 Å². The summed E-state index contributed by atoms with van der Waals surface area (Å²) >= 11 is 0. The van der Waals surface area contributed by atoms with E-state index >= 15 is 0 Å². The van der Waals surface area contributed by atoms with Crippen LogP contribution in [0.3, 0.4) is 0 Å². The Bertz CT molecular complexity index is 837. The van der Waals surface area contributed by atoms with Gasteiger partial charge in [0, 0.05) is 32.6 Å². The molecule has 1 aromatic heterocycles. The molecule has 1 N–H and O–H groups in total. The van der Waals surface area contributed by atoms with Crippen LogP contribution < -0.4 is 0 Å². The number of carbonyl (C=O) groups excluding carboxylic acids is 2. The molecule has 3 fully saturated rings. The molecule has 2 aromatic rings. The molecule has 2 atom stereocenters. The predicted molar refractivity (Wildman–Crippen MR) is 90.6 cm³/mol. The predicted octanol–water partition coefficient (Wildman–Crippen LogP) is 0.451. The number of piperidine rings is 1. The number of aromatic hydroxyl groups is 1. The first-order chi connectivity index (χ1) is 12.5. The molecule has 0 unspecified atom stereocenters. The fraction of sp³-hybridized carbons (Fsp3) is 0.471. The van der Waals surface area contributed by atoms with E-state index in [1.807, 2.05) is 4.90 Å². The summed E-state index contributed by atoms with van der Waals surface area (Å²) in [6.07, 6.45) is 3.31. The van der Waals surface area contributed by atoms with E-state index < -0.39 is 0 Å². The number of benzene rings is 1. The van der Waals surface area contributed by atoms with Gasteiger partial charge in [0.05, 0.1) is 11.3 Å². The van der Waals surface area contributed by atoms with Crippen molar-refractivity contribution < 1.29 is 14.7 Å². The Kier molecular flexibility index (Phi) is 4.06. The summed E-state index contributed by atoms with van der Waals surface area (Å²) < 4.78 is 1.43. The number of nitrogens with zero attached hydrogens (tertiary/aromatic N) is 6. The molecule has 9 heteroatoms. The number of carbonyl (C=O) groups is 2. The molecule has 26 heavy (non-hydrogen) atoms. The number of amides is 2. The lowest BCUT2D eigenvalue weighted by Crippen LogP contribution is -2.47. The molecule has 1 aromatic carbocycles. The molecular formula is C17H20N6O3. The minimum absolute atomic E-state index is 0.0266. The normalized spacial score (nSPS) is 22.3. The highest BCUT2D eigenvalue weighted by molar-refractivity contribution is 5.97. The zero-order valence-corrected chi connectivity index (χ0v) is 14.4. The van der Waals surface area contributed by atoms with Crippen LogP contribution in [0.25, 0.3) is 5.69 Å². The van der Waals surface area contributed by atoms with Gasteiger partial charge in [-0.25, -0.2) is 4.68 Å². The highest BCUT2D eigenvalue weighted by Crippen LogP contribution is 2.31. The second kappa shape index (κ2) is 6.40. The number of rotatable bonds is 2. The van der Waals surface area contributed by atoms with Gasteiger partial charge in [0.1, 0.15) is 12.1 Å². The number of hydrogen-bond acceptors (Lipinski definition) is 6. The third kappa shape index (κ3) is 2.89. The van der Waals surface area contributed by atoms with Gasteiger partial charge in [-0.3, -0.25) is 9.59 Å². The smallest absolute Gasteiger partial charge is 0.258 e. The maximum Gasteiger partial charge on any atom is 0.258 e. The van der Waals surface area contributed by atoms with Crippen molar-refractivity contribution in [3.05, 3.63) is 30.1 Å². The lowest BCUT2D eigenvalue weighted by molar-refractivity contribution is -0.129. The zero-order chi connectivity index (χ0) is 18.3. The zero-order valence-electron chi connectivity index (χ0n) is 14.4. The van der Waals surface area contributed by atoms with E-state index in [1.54, 1.807) is 24.0 Å². The summed E-state index contributed by atoms with van der Waals surface area (Å²) in [5.41, 5.74) is 0.821. The van der Waals surface area contributed by atoms with Crippen molar-refractivity contribution in [2.45, 2.75) is 25.8 Å². The van der Waals surface area contributed by atoms with Crippen molar-refractivity contribution in [3.8, 4) is 11.4 Å². The quantitative estimate of drug-likeness (QED) is 0.838. The Labute approximate surface area is 150 Å². The van der Waals surface area contributed by atoms with Gasteiger partial charge in [0.15, 0.2) is 0 Å². The summed E-state index contributed by atoms with van der Waals surface area (Å²) in [4.78, 5) is 28.6. The number of aromatic nitrogens is 4. The van der Waals surface area contributed by atoms with Crippen LogP contribution in [0.4, 0.5) is 0 Å². The van der Waals surface area contributed by atoms with Crippen molar-refractivity contribution in [2.24, 2.45) is 5.92 Å². The molecule has 4 heterocycles. The third-order valence-corrected chi connectivity index (χ3v) is 5.24. The molecule has 3 aliphatic heterocycles. The summed E-state index contributed by atoms with van der Waals surface area (Å²) in [6.45, 7) is 3.40. The van der Waals surface area contributed by atoms with Crippen LogP contribution in [0.1, 0.15) is 30.1 Å². The van der Waals surface area contributed by atoms with E-state index in [2.05, 4.69) is 15.5 Å². The lowest BCUT2D eigenvalue weighted by Gasteiger charge is -2.36. The van der Waals surface area contributed by atoms with Crippen molar-refractivity contribution in [3.63, 3.8) is 0 Å². The number of fused-ring (bicyclic) bond motifs is 4. The Morgan fingerprint density at radius 2 is 2.04 bits per heavy atom. The molecule has 0 radical (unpaired) electrons. The summed E-state index contributed by atoms with van der Waals surface area (Å²) in [5.74, 6) is 0.0130. The summed E-state index contributed by atoms with van der Waals surface area (Å²) in [7, 11) is 0. The van der Waals surface area contributed by atoms with E-state index in [0.717, 1.165) is 12.8 Å². The number of phenols is 1. The minimum atomic E-state index is -0.225. The molecule has 3 aliphatic rings. The van der Waals surface area contributed by atoms with Crippen LogP contribution in [0.15, 0.2) is 24.5 Å². The van der Waals surface area contributed by atoms with Crippen molar-refractivity contribution >= 4 is 11.8 Å². The number of tetrazole rings is 1.